The number of aromatic nitrogens is 1. The molecule has 0 aliphatic heterocycles. The van der Waals surface area contributed by atoms with Gasteiger partial charge in [0.2, 0.25) is 9.84 Å². The molecule has 1 radical (unpaired) electrons. The molecule has 30 heavy (non-hydrogen) atoms. The molecule has 0 atom stereocenters. The zero-order chi connectivity index (χ0) is 21.5. The molecule has 0 fully saturated rings. The number of methoxy groups -OCH3 is 1. The fraction of sp³-hybridized carbons (Fsp3) is 0.130. The van der Waals surface area contributed by atoms with Crippen LogP contribution in [0.4, 0.5) is 0 Å². The molecular formula is C23H20NO5S. The number of hydrogen-bond donors (Lipinski definition) is 1. The Morgan fingerprint density at radius 1 is 0.867 bits per heavy atom. The van der Waals surface area contributed by atoms with Gasteiger partial charge in [-0.05, 0) is 79.6 Å². The van der Waals surface area contributed by atoms with Crippen molar-refractivity contribution in [2.45, 2.75) is 23.6 Å². The fourth-order valence-electron chi connectivity index (χ4n) is 3.43. The van der Waals surface area contributed by atoms with Crippen molar-refractivity contribution >= 4 is 20.7 Å². The number of nitrogens with one attached hydrogen (secondary N) is 1. The van der Waals surface area contributed by atoms with Crippen LogP contribution < -0.4 is 9.47 Å². The molecule has 0 amide bonds. The molecule has 0 unspecified atom stereocenters. The fourth-order valence-corrected chi connectivity index (χ4v) is 4.85. The monoisotopic (exact) mass is 422 g/mol. The first-order valence-electron chi connectivity index (χ1n) is 9.26. The van der Waals surface area contributed by atoms with E-state index in [1.54, 1.807) is 44.2 Å². The third kappa shape index (κ3) is 3.48. The van der Waals surface area contributed by atoms with Crippen LogP contribution >= 0.6 is 0 Å². The van der Waals surface area contributed by atoms with Crippen LogP contribution in [-0.2, 0) is 14.9 Å². The molecule has 0 aliphatic rings. The lowest BCUT2D eigenvalue weighted by Gasteiger charge is -2.12. The predicted octanol–water partition coefficient (Wildman–Crippen LogP) is 5.56. The van der Waals surface area contributed by atoms with Gasteiger partial charge in [0.1, 0.15) is 17.2 Å². The average Bonchev–Trinajstić information content (AvgIpc) is 3.15. The van der Waals surface area contributed by atoms with E-state index in [2.05, 4.69) is 4.98 Å². The summed E-state index contributed by atoms with van der Waals surface area (Å²) in [5.41, 5.74) is 2.12. The van der Waals surface area contributed by atoms with Gasteiger partial charge in [0.05, 0.1) is 16.9 Å². The van der Waals surface area contributed by atoms with Crippen LogP contribution in [0.15, 0.2) is 70.6 Å². The highest BCUT2D eigenvalue weighted by molar-refractivity contribution is 7.91. The normalized spacial score (nSPS) is 11.6. The molecule has 0 saturated carbocycles. The number of hydrogen-bond acceptors (Lipinski definition) is 4. The van der Waals surface area contributed by atoms with Gasteiger partial charge in [-0.1, -0.05) is 0 Å². The second-order valence-electron chi connectivity index (χ2n) is 7.03. The Hall–Kier alpha value is -3.45. The van der Waals surface area contributed by atoms with Gasteiger partial charge in [-0.3, -0.25) is 5.11 Å². The lowest BCUT2D eigenvalue weighted by atomic mass is 10.1. The summed E-state index contributed by atoms with van der Waals surface area (Å²) in [6.45, 7) is 3.61. The number of aromatic amines is 1. The first kappa shape index (κ1) is 19.8. The zero-order valence-electron chi connectivity index (χ0n) is 16.7. The van der Waals surface area contributed by atoms with Gasteiger partial charge >= 0.3 is 0 Å². The van der Waals surface area contributed by atoms with E-state index in [-0.39, 0.29) is 15.5 Å². The van der Waals surface area contributed by atoms with Crippen molar-refractivity contribution in [3.8, 4) is 23.0 Å². The third-order valence-electron chi connectivity index (χ3n) is 4.93. The van der Waals surface area contributed by atoms with E-state index in [0.717, 1.165) is 11.1 Å². The Morgan fingerprint density at radius 2 is 1.50 bits per heavy atom. The largest absolute Gasteiger partial charge is 0.497 e. The number of fused-ring (bicyclic) bond motifs is 1. The van der Waals surface area contributed by atoms with E-state index < -0.39 is 9.84 Å². The van der Waals surface area contributed by atoms with Crippen LogP contribution in [0.3, 0.4) is 0 Å². The number of benzene rings is 3. The van der Waals surface area contributed by atoms with Gasteiger partial charge in [-0.15, -0.1) is 0 Å². The summed E-state index contributed by atoms with van der Waals surface area (Å²) in [7, 11) is -2.22. The molecule has 1 aromatic heterocycles. The Kier molecular flexibility index (Phi) is 4.91. The molecule has 0 aliphatic carbocycles. The topological polar surface area (TPSA) is 88.3 Å². The van der Waals surface area contributed by atoms with Gasteiger partial charge in [0, 0.05) is 17.1 Å². The summed E-state index contributed by atoms with van der Waals surface area (Å²) in [5.74, 6) is 1.58. The highest BCUT2D eigenvalue weighted by Gasteiger charge is 2.22. The van der Waals surface area contributed by atoms with Crippen LogP contribution in [0, 0.1) is 13.8 Å². The zero-order valence-corrected chi connectivity index (χ0v) is 17.5. The maximum absolute atomic E-state index is 13.2. The quantitative estimate of drug-likeness (QED) is 0.456. The summed E-state index contributed by atoms with van der Waals surface area (Å²) in [6, 6.07) is 14.5. The van der Waals surface area contributed by atoms with Gasteiger partial charge in [0.25, 0.3) is 0 Å². The Labute approximate surface area is 174 Å². The summed E-state index contributed by atoms with van der Waals surface area (Å²) in [5, 5.41) is 12.2. The van der Waals surface area contributed by atoms with E-state index in [9.17, 15) is 13.5 Å². The Bertz CT molecular complexity index is 1320. The molecule has 0 saturated heterocycles. The summed E-state index contributed by atoms with van der Waals surface area (Å²) in [6.07, 6.45) is 1.48. The minimum Gasteiger partial charge on any atom is -0.497 e. The summed E-state index contributed by atoms with van der Waals surface area (Å²) >= 11 is 0. The minimum absolute atomic E-state index is 0.0775. The first-order valence-corrected chi connectivity index (χ1v) is 10.7. The van der Waals surface area contributed by atoms with Crippen molar-refractivity contribution in [2.75, 3.05) is 7.11 Å². The van der Waals surface area contributed by atoms with E-state index in [1.165, 1.54) is 37.6 Å². The number of ether oxygens (including phenoxy) is 2. The van der Waals surface area contributed by atoms with E-state index in [4.69, 9.17) is 9.47 Å². The highest BCUT2D eigenvalue weighted by Crippen LogP contribution is 2.35. The minimum atomic E-state index is -3.74. The molecule has 6 nitrogen and oxygen atoms in total. The lowest BCUT2D eigenvalue weighted by molar-refractivity contribution is 0.353. The van der Waals surface area contributed by atoms with Gasteiger partial charge in [-0.25, -0.2) is 8.42 Å². The van der Waals surface area contributed by atoms with E-state index in [0.29, 0.717) is 28.2 Å². The molecule has 1 heterocycles. The maximum atomic E-state index is 13.2. The Morgan fingerprint density at radius 3 is 2.13 bits per heavy atom. The lowest BCUT2D eigenvalue weighted by Crippen LogP contribution is -2.01. The van der Waals surface area contributed by atoms with Crippen molar-refractivity contribution in [1.82, 2.24) is 4.98 Å². The molecule has 7 heteroatoms. The third-order valence-corrected chi connectivity index (χ3v) is 6.74. The van der Waals surface area contributed by atoms with Crippen molar-refractivity contribution < 1.29 is 23.0 Å². The van der Waals surface area contributed by atoms with Gasteiger partial charge in [0.15, 0.2) is 5.75 Å². The molecule has 4 rings (SSSR count). The maximum Gasteiger partial charge on any atom is 0.208 e. The SMILES string of the molecule is COc1ccc(S(=O)(=O)c2c[nH]c3ccc(Oc4c(C)cc([O])cc4C)cc23)cc1. The van der Waals surface area contributed by atoms with Gasteiger partial charge < -0.3 is 14.5 Å². The highest BCUT2D eigenvalue weighted by atomic mass is 32.2. The molecule has 153 valence electrons. The number of aryl methyl sites for hydroxylation is 2. The van der Waals surface area contributed by atoms with Crippen molar-refractivity contribution in [1.29, 1.82) is 0 Å². The van der Waals surface area contributed by atoms with Crippen molar-refractivity contribution in [2.24, 2.45) is 0 Å². The molecule has 0 bridgehead atoms. The van der Waals surface area contributed by atoms with Gasteiger partial charge in [-0.2, -0.15) is 0 Å². The first-order chi connectivity index (χ1) is 14.3. The molecule has 3 aromatic carbocycles. The Balaban J connectivity index is 1.76. The summed E-state index contributed by atoms with van der Waals surface area (Å²) < 4.78 is 37.5. The van der Waals surface area contributed by atoms with E-state index in [1.807, 2.05) is 0 Å². The molecule has 1 N–H and O–H groups in total. The second-order valence-corrected chi connectivity index (χ2v) is 8.95. The van der Waals surface area contributed by atoms with Crippen molar-refractivity contribution in [3.63, 3.8) is 0 Å². The van der Waals surface area contributed by atoms with Crippen molar-refractivity contribution in [3.05, 3.63) is 71.9 Å². The second kappa shape index (κ2) is 7.42. The molecular weight excluding hydrogens is 402 g/mol. The summed E-state index contributed by atoms with van der Waals surface area (Å²) in [4.78, 5) is 3.34. The smallest absolute Gasteiger partial charge is 0.208 e. The average molecular weight is 422 g/mol. The van der Waals surface area contributed by atoms with Crippen LogP contribution in [0.5, 0.6) is 23.0 Å². The predicted molar refractivity (Wildman–Crippen MR) is 113 cm³/mol. The molecule has 4 aromatic rings. The standard InChI is InChI=1S/C23H20NO5S/c1-14-10-16(25)11-15(2)23(14)29-18-6-9-21-20(12-18)22(13-24-21)30(26,27)19-7-4-17(28-3)5-8-19/h4-13,24H,1-3H3. The van der Waals surface area contributed by atoms with Crippen LogP contribution in [0.1, 0.15) is 11.1 Å². The number of rotatable bonds is 5. The molecule has 0 spiro atoms. The van der Waals surface area contributed by atoms with E-state index >= 15 is 0 Å². The number of H-pyrrole nitrogens is 1. The van der Waals surface area contributed by atoms with Crippen LogP contribution in [0.2, 0.25) is 0 Å². The van der Waals surface area contributed by atoms with Crippen LogP contribution in [-0.4, -0.2) is 20.5 Å². The number of sulfone groups is 1. The van der Waals surface area contributed by atoms with Crippen LogP contribution in [0.25, 0.3) is 10.9 Å².